The van der Waals surface area contributed by atoms with Gasteiger partial charge in [0, 0.05) is 19.5 Å². The molecule has 1 aromatic carbocycles. The van der Waals surface area contributed by atoms with Crippen LogP contribution in [0.5, 0.6) is 0 Å². The number of carboxylic acid groups (broad SMARTS) is 1. The van der Waals surface area contributed by atoms with Gasteiger partial charge in [-0.25, -0.2) is 4.79 Å². The first-order chi connectivity index (χ1) is 19.3. The molecule has 0 saturated heterocycles. The highest BCUT2D eigenvalue weighted by molar-refractivity contribution is 5.94. The van der Waals surface area contributed by atoms with Crippen LogP contribution in [-0.4, -0.2) is 78.0 Å². The second-order valence-electron chi connectivity index (χ2n) is 9.88. The van der Waals surface area contributed by atoms with E-state index in [2.05, 4.69) is 25.9 Å². The summed E-state index contributed by atoms with van der Waals surface area (Å²) in [6, 6.07) is 4.58. The molecule has 0 aliphatic rings. The highest BCUT2D eigenvalue weighted by Crippen LogP contribution is 2.08. The minimum atomic E-state index is -1.25. The normalized spacial score (nSPS) is 13.7. The summed E-state index contributed by atoms with van der Waals surface area (Å²) < 4.78 is 0. The fraction of sp³-hybridized carbons (Fsp3) is 0.538. The van der Waals surface area contributed by atoms with Crippen LogP contribution in [0.15, 0.2) is 40.3 Å². The maximum Gasteiger partial charge on any atom is 0.326 e. The van der Waals surface area contributed by atoms with Crippen LogP contribution in [0.4, 0.5) is 0 Å². The van der Waals surface area contributed by atoms with Crippen molar-refractivity contribution in [3.05, 3.63) is 35.9 Å². The summed E-state index contributed by atoms with van der Waals surface area (Å²) in [7, 11) is 0. The summed E-state index contributed by atoms with van der Waals surface area (Å²) in [5.41, 5.74) is 28.0. The van der Waals surface area contributed by atoms with E-state index in [-0.39, 0.29) is 50.2 Å². The van der Waals surface area contributed by atoms with Crippen molar-refractivity contribution >= 4 is 35.6 Å². The van der Waals surface area contributed by atoms with Crippen LogP contribution in [-0.2, 0) is 25.6 Å². The molecule has 0 spiro atoms. The molecule has 0 aliphatic carbocycles. The van der Waals surface area contributed by atoms with E-state index in [0.717, 1.165) is 5.56 Å². The largest absolute Gasteiger partial charge is 0.480 e. The van der Waals surface area contributed by atoms with Crippen molar-refractivity contribution in [2.45, 2.75) is 70.1 Å². The Balaban J connectivity index is 3.14. The molecule has 1 rings (SSSR count). The molecule has 15 heteroatoms. The molecule has 3 amide bonds. The van der Waals surface area contributed by atoms with E-state index in [0.29, 0.717) is 12.8 Å². The fourth-order valence-corrected chi connectivity index (χ4v) is 3.71. The molecule has 0 bridgehead atoms. The van der Waals surface area contributed by atoms with Crippen LogP contribution in [0.2, 0.25) is 0 Å². The molecule has 15 nitrogen and oxygen atoms in total. The van der Waals surface area contributed by atoms with Crippen molar-refractivity contribution in [3.63, 3.8) is 0 Å². The standard InChI is InChI=1S/C26H44N10O5/c1-15(2)20(27)23(39)34-17(10-6-12-32-25(28)29)21(37)36-19(14-16-8-4-3-5-9-16)22(38)35-18(24(40)41)11-7-13-33-26(30)31/h3-5,8-9,15,17-20H,6-7,10-14,27H2,1-2H3,(H,34,39)(H,35,38)(H,36,37)(H,40,41)(H4,28,29,32)(H4,30,31,33). The summed E-state index contributed by atoms with van der Waals surface area (Å²) in [5, 5.41) is 17.5. The van der Waals surface area contributed by atoms with E-state index >= 15 is 0 Å². The molecule has 0 radical (unpaired) electrons. The monoisotopic (exact) mass is 576 g/mol. The van der Waals surface area contributed by atoms with Gasteiger partial charge < -0.3 is 49.7 Å². The Morgan fingerprint density at radius 2 is 1.22 bits per heavy atom. The van der Waals surface area contributed by atoms with Gasteiger partial charge >= 0.3 is 5.97 Å². The van der Waals surface area contributed by atoms with Crippen molar-refractivity contribution in [2.75, 3.05) is 13.1 Å². The van der Waals surface area contributed by atoms with Gasteiger partial charge in [-0.05, 0) is 37.2 Å². The molecule has 4 unspecified atom stereocenters. The Morgan fingerprint density at radius 1 is 0.756 bits per heavy atom. The van der Waals surface area contributed by atoms with E-state index in [4.69, 9.17) is 28.7 Å². The Morgan fingerprint density at radius 3 is 1.71 bits per heavy atom. The van der Waals surface area contributed by atoms with Crippen molar-refractivity contribution < 1.29 is 24.3 Å². The summed E-state index contributed by atoms with van der Waals surface area (Å²) in [5.74, 6) is -3.55. The highest BCUT2D eigenvalue weighted by Gasteiger charge is 2.30. The van der Waals surface area contributed by atoms with Crippen LogP contribution >= 0.6 is 0 Å². The molecule has 0 aliphatic heterocycles. The van der Waals surface area contributed by atoms with E-state index in [9.17, 15) is 24.3 Å². The number of nitrogens with one attached hydrogen (secondary N) is 3. The number of carbonyl (C=O) groups excluding carboxylic acids is 3. The first-order valence-corrected chi connectivity index (χ1v) is 13.4. The maximum atomic E-state index is 13.4. The number of guanidine groups is 2. The van der Waals surface area contributed by atoms with Gasteiger partial charge in [0.25, 0.3) is 0 Å². The summed E-state index contributed by atoms with van der Waals surface area (Å²) in [6.45, 7) is 3.95. The van der Waals surface area contributed by atoms with Crippen molar-refractivity contribution in [1.29, 1.82) is 0 Å². The minimum absolute atomic E-state index is 0.0560. The number of aliphatic imine (C=N–C) groups is 2. The van der Waals surface area contributed by atoms with E-state index in [1.54, 1.807) is 44.2 Å². The number of amides is 3. The second-order valence-corrected chi connectivity index (χ2v) is 9.88. The van der Waals surface area contributed by atoms with Gasteiger partial charge in [-0.2, -0.15) is 0 Å². The van der Waals surface area contributed by atoms with Crippen molar-refractivity contribution in [2.24, 2.45) is 44.6 Å². The summed E-state index contributed by atoms with van der Waals surface area (Å²) in [4.78, 5) is 58.9. The molecule has 0 saturated carbocycles. The number of nitrogens with zero attached hydrogens (tertiary/aromatic N) is 2. The lowest BCUT2D eigenvalue weighted by Gasteiger charge is -2.26. The lowest BCUT2D eigenvalue weighted by Crippen LogP contribution is -2.58. The number of hydrogen-bond donors (Lipinski definition) is 9. The maximum absolute atomic E-state index is 13.4. The number of nitrogens with two attached hydrogens (primary N) is 5. The molecule has 228 valence electrons. The predicted molar refractivity (Wildman–Crippen MR) is 156 cm³/mol. The van der Waals surface area contributed by atoms with E-state index < -0.39 is 47.9 Å². The van der Waals surface area contributed by atoms with Crippen LogP contribution in [0.1, 0.15) is 45.1 Å². The number of carboxylic acids is 1. The van der Waals surface area contributed by atoms with Gasteiger partial charge in [0.1, 0.15) is 18.1 Å². The molecule has 41 heavy (non-hydrogen) atoms. The predicted octanol–water partition coefficient (Wildman–Crippen LogP) is -2.14. The third kappa shape index (κ3) is 14.0. The SMILES string of the molecule is CC(C)C(N)C(=O)NC(CCCN=C(N)N)C(=O)NC(Cc1ccccc1)C(=O)NC(CCCN=C(N)N)C(=O)O. The van der Waals surface area contributed by atoms with E-state index in [1.165, 1.54) is 0 Å². The first kappa shape index (κ1) is 34.6. The number of carbonyl (C=O) groups is 4. The van der Waals surface area contributed by atoms with Gasteiger partial charge in [-0.1, -0.05) is 44.2 Å². The average Bonchev–Trinajstić information content (AvgIpc) is 2.90. The zero-order valence-corrected chi connectivity index (χ0v) is 23.6. The number of rotatable bonds is 18. The second kappa shape index (κ2) is 18.0. The van der Waals surface area contributed by atoms with Crippen LogP contribution < -0.4 is 44.6 Å². The number of benzene rings is 1. The van der Waals surface area contributed by atoms with Gasteiger partial charge in [0.2, 0.25) is 17.7 Å². The topological polar surface area (TPSA) is 279 Å². The third-order valence-corrected chi connectivity index (χ3v) is 6.07. The number of hydrogen-bond acceptors (Lipinski definition) is 7. The molecule has 4 atom stereocenters. The molecular weight excluding hydrogens is 532 g/mol. The summed E-state index contributed by atoms with van der Waals surface area (Å²) in [6.07, 6.45) is 0.922. The fourth-order valence-electron chi connectivity index (χ4n) is 3.71. The van der Waals surface area contributed by atoms with Gasteiger partial charge in [0.05, 0.1) is 6.04 Å². The molecular formula is C26H44N10O5. The Kier molecular flexibility index (Phi) is 15.2. The van der Waals surface area contributed by atoms with Gasteiger partial charge in [-0.3, -0.25) is 24.4 Å². The molecule has 0 heterocycles. The lowest BCUT2D eigenvalue weighted by molar-refractivity contribution is -0.142. The molecule has 0 aromatic heterocycles. The molecule has 1 aromatic rings. The molecule has 0 fully saturated rings. The third-order valence-electron chi connectivity index (χ3n) is 6.07. The van der Waals surface area contributed by atoms with Gasteiger partial charge in [-0.15, -0.1) is 0 Å². The van der Waals surface area contributed by atoms with Gasteiger partial charge in [0.15, 0.2) is 11.9 Å². The van der Waals surface area contributed by atoms with E-state index in [1.807, 2.05) is 0 Å². The average molecular weight is 577 g/mol. The Hall–Kier alpha value is -4.40. The van der Waals surface area contributed by atoms with Crippen molar-refractivity contribution in [3.8, 4) is 0 Å². The number of aliphatic carboxylic acids is 1. The zero-order valence-electron chi connectivity index (χ0n) is 23.6. The molecule has 14 N–H and O–H groups in total. The minimum Gasteiger partial charge on any atom is -0.480 e. The first-order valence-electron chi connectivity index (χ1n) is 13.4. The smallest absolute Gasteiger partial charge is 0.326 e. The van der Waals surface area contributed by atoms with Crippen LogP contribution in [0.25, 0.3) is 0 Å². The van der Waals surface area contributed by atoms with Crippen LogP contribution in [0, 0.1) is 5.92 Å². The zero-order chi connectivity index (χ0) is 30.9. The quantitative estimate of drug-likeness (QED) is 0.0519. The Labute approximate surface area is 239 Å². The lowest BCUT2D eigenvalue weighted by atomic mass is 10.0. The van der Waals surface area contributed by atoms with Crippen molar-refractivity contribution in [1.82, 2.24) is 16.0 Å². The summed E-state index contributed by atoms with van der Waals surface area (Å²) >= 11 is 0. The Bertz CT molecular complexity index is 1060. The van der Waals surface area contributed by atoms with Crippen LogP contribution in [0.3, 0.4) is 0 Å². The highest BCUT2D eigenvalue weighted by atomic mass is 16.4.